The molecule has 0 radical (unpaired) electrons. The molecule has 5 unspecified atom stereocenters. The lowest BCUT2D eigenvalue weighted by atomic mass is 9.81. The van der Waals surface area contributed by atoms with Crippen LogP contribution in [0.1, 0.15) is 46.6 Å². The Labute approximate surface area is 239 Å². The Morgan fingerprint density at radius 2 is 1.88 bits per heavy atom. The molecular weight excluding hydrogens is 567 g/mol. The van der Waals surface area contributed by atoms with Gasteiger partial charge in [0.25, 0.3) is 0 Å². The molecule has 7 atom stereocenters. The molecule has 15 heteroatoms. The Hall–Kier alpha value is -4.23. The van der Waals surface area contributed by atoms with Crippen LogP contribution in [0, 0.1) is 17.6 Å². The van der Waals surface area contributed by atoms with Crippen LogP contribution in [0.4, 0.5) is 13.2 Å². The number of fused-ring (bicyclic) bond motifs is 1. The molecule has 0 N–H and O–H groups in total. The van der Waals surface area contributed by atoms with E-state index in [1.807, 2.05) is 0 Å². The number of ether oxygens (including phenoxy) is 6. The van der Waals surface area contributed by atoms with Gasteiger partial charge in [0.1, 0.15) is 18.0 Å². The fraction of sp³-hybridized carbons (Fsp3) is 0.519. The molecule has 2 aliphatic rings. The van der Waals surface area contributed by atoms with E-state index >= 15 is 13.2 Å². The second-order valence-electron chi connectivity index (χ2n) is 9.70. The van der Waals surface area contributed by atoms with Gasteiger partial charge in [0.15, 0.2) is 29.6 Å². The van der Waals surface area contributed by atoms with Gasteiger partial charge in [0.2, 0.25) is 5.82 Å². The first-order chi connectivity index (χ1) is 19.7. The lowest BCUT2D eigenvalue weighted by Crippen LogP contribution is -2.69. The summed E-state index contributed by atoms with van der Waals surface area (Å²) in [5.74, 6) is -12.4. The molecule has 1 fully saturated rings. The van der Waals surface area contributed by atoms with Crippen molar-refractivity contribution in [3.63, 3.8) is 0 Å². The normalized spacial score (nSPS) is 26.3. The summed E-state index contributed by atoms with van der Waals surface area (Å²) in [5, 5.41) is 3.45. The van der Waals surface area contributed by atoms with Crippen molar-refractivity contribution in [2.75, 3.05) is 7.11 Å². The lowest BCUT2D eigenvalue weighted by molar-refractivity contribution is -0.303. The van der Waals surface area contributed by atoms with Crippen LogP contribution in [0.25, 0.3) is 16.0 Å². The number of allylic oxidation sites excluding steroid dienone is 2. The summed E-state index contributed by atoms with van der Waals surface area (Å²) in [5.41, 5.74) is 9.60. The van der Waals surface area contributed by atoms with E-state index in [-0.39, 0.29) is 17.7 Å². The van der Waals surface area contributed by atoms with E-state index in [1.165, 1.54) is 13.0 Å². The minimum atomic E-state index is -3.32. The van der Waals surface area contributed by atoms with Crippen LogP contribution in [0.15, 0.2) is 29.6 Å². The van der Waals surface area contributed by atoms with Crippen molar-refractivity contribution in [1.82, 2.24) is 0 Å². The summed E-state index contributed by atoms with van der Waals surface area (Å²) in [6, 6.07) is -0.959. The zero-order valence-corrected chi connectivity index (χ0v) is 23.7. The van der Waals surface area contributed by atoms with Crippen LogP contribution in [0.5, 0.6) is 11.5 Å². The number of azide groups is 1. The number of esters is 3. The molecule has 1 aromatic rings. The SMILES string of the molecule is C=C1C=C(C)c2cc(F)c(OC3(C(=O)OC)OC([C@H](OC(C)=O)[C@@H](CC)OC(C)=O)C(C)C(N=[N+]=[N-])C3F)c(F)c2O1. The Bertz CT molecular complexity index is 1360. The van der Waals surface area contributed by atoms with Crippen molar-refractivity contribution in [3.05, 3.63) is 52.1 Å². The molecule has 2 aliphatic heterocycles. The number of nitrogens with zero attached hydrogens (tertiary/aromatic N) is 3. The van der Waals surface area contributed by atoms with Gasteiger partial charge in [-0.15, -0.1) is 0 Å². The van der Waals surface area contributed by atoms with Crippen LogP contribution < -0.4 is 9.47 Å². The molecule has 0 saturated carbocycles. The van der Waals surface area contributed by atoms with E-state index in [9.17, 15) is 19.9 Å². The van der Waals surface area contributed by atoms with Gasteiger partial charge in [0, 0.05) is 24.3 Å². The maximum Gasteiger partial charge on any atom is 0.382 e. The average Bonchev–Trinajstić information content (AvgIpc) is 2.92. The van der Waals surface area contributed by atoms with Crippen molar-refractivity contribution >= 4 is 23.5 Å². The largest absolute Gasteiger partial charge is 0.464 e. The summed E-state index contributed by atoms with van der Waals surface area (Å²) in [6.07, 6.45) is -5.58. The molecule has 12 nitrogen and oxygen atoms in total. The highest BCUT2D eigenvalue weighted by atomic mass is 19.1. The highest BCUT2D eigenvalue weighted by molar-refractivity contribution is 5.80. The number of hydrogen-bond donors (Lipinski definition) is 0. The number of benzene rings is 1. The van der Waals surface area contributed by atoms with Crippen LogP contribution in [-0.4, -0.2) is 61.3 Å². The standard InChI is InChI=1S/C27H30F3N3O9/c1-8-18(39-14(5)34)24(40-15(6)35)21-13(4)20(32-33-31)25(30)27(41-21,26(36)37-7)42-23-17(28)10-16-11(2)9-12(3)38-22(16)19(23)29/h9-10,13,18,20-21,24-25H,3,8H2,1-2,4-7H3/t13?,18-,20?,21?,24-,25?,27?/m1/s1. The van der Waals surface area contributed by atoms with E-state index in [0.29, 0.717) is 5.57 Å². The van der Waals surface area contributed by atoms with Gasteiger partial charge in [-0.25, -0.2) is 13.6 Å². The average molecular weight is 598 g/mol. The summed E-state index contributed by atoms with van der Waals surface area (Å²) in [4.78, 5) is 39.8. The first-order valence-electron chi connectivity index (χ1n) is 12.8. The molecular formula is C27H30F3N3O9. The Kier molecular flexibility index (Phi) is 9.79. The monoisotopic (exact) mass is 597 g/mol. The molecule has 2 heterocycles. The zero-order valence-electron chi connectivity index (χ0n) is 23.7. The molecule has 0 aromatic heterocycles. The van der Waals surface area contributed by atoms with Gasteiger partial charge in [0.05, 0.1) is 13.2 Å². The van der Waals surface area contributed by atoms with Crippen molar-refractivity contribution in [1.29, 1.82) is 0 Å². The minimum absolute atomic E-state index is 0.00113. The number of hydrogen-bond acceptors (Lipinski definition) is 10. The second-order valence-corrected chi connectivity index (χ2v) is 9.70. The van der Waals surface area contributed by atoms with Gasteiger partial charge < -0.3 is 28.4 Å². The van der Waals surface area contributed by atoms with Crippen LogP contribution >= 0.6 is 0 Å². The summed E-state index contributed by atoms with van der Waals surface area (Å²) < 4.78 is 79.5. The fourth-order valence-electron chi connectivity index (χ4n) is 4.92. The van der Waals surface area contributed by atoms with E-state index in [0.717, 1.165) is 27.0 Å². The highest BCUT2D eigenvalue weighted by Crippen LogP contribution is 2.46. The molecule has 1 saturated heterocycles. The first-order valence-corrected chi connectivity index (χ1v) is 12.8. The van der Waals surface area contributed by atoms with Crippen molar-refractivity contribution in [2.45, 2.75) is 77.4 Å². The van der Waals surface area contributed by atoms with Gasteiger partial charge in [-0.1, -0.05) is 25.5 Å². The maximum absolute atomic E-state index is 16.3. The summed E-state index contributed by atoms with van der Waals surface area (Å²) in [6.45, 7) is 10.2. The number of carbonyl (C=O) groups is 3. The van der Waals surface area contributed by atoms with Crippen LogP contribution in [0.3, 0.4) is 0 Å². The quantitative estimate of drug-likeness (QED) is 0.128. The Morgan fingerprint density at radius 1 is 1.24 bits per heavy atom. The third-order valence-corrected chi connectivity index (χ3v) is 6.82. The number of rotatable bonds is 9. The van der Waals surface area contributed by atoms with E-state index in [4.69, 9.17) is 28.4 Å². The fourth-order valence-corrected chi connectivity index (χ4v) is 4.92. The Balaban J connectivity index is 2.25. The van der Waals surface area contributed by atoms with Gasteiger partial charge in [-0.3, -0.25) is 9.59 Å². The van der Waals surface area contributed by atoms with E-state index < -0.39 is 83.3 Å². The molecule has 1 aromatic carbocycles. The number of alkyl halides is 1. The number of carbonyl (C=O) groups excluding carboxylic acids is 3. The molecule has 0 bridgehead atoms. The molecule has 42 heavy (non-hydrogen) atoms. The van der Waals surface area contributed by atoms with Gasteiger partial charge in [-0.2, -0.15) is 4.39 Å². The summed E-state index contributed by atoms with van der Waals surface area (Å²) in [7, 11) is 0.831. The minimum Gasteiger partial charge on any atom is -0.464 e. The first kappa shape index (κ1) is 32.3. The van der Waals surface area contributed by atoms with E-state index in [2.05, 4.69) is 16.6 Å². The number of methoxy groups -OCH3 is 1. The zero-order chi connectivity index (χ0) is 31.5. The lowest BCUT2D eigenvalue weighted by Gasteiger charge is -2.48. The van der Waals surface area contributed by atoms with Crippen molar-refractivity contribution in [3.8, 4) is 11.5 Å². The van der Waals surface area contributed by atoms with Crippen LogP contribution in [-0.2, 0) is 33.3 Å². The topological polar surface area (TPSA) is 155 Å². The summed E-state index contributed by atoms with van der Waals surface area (Å²) >= 11 is 0. The molecule has 0 amide bonds. The van der Waals surface area contributed by atoms with Crippen LogP contribution in [0.2, 0.25) is 0 Å². The molecule has 3 rings (SSSR count). The predicted molar refractivity (Wildman–Crippen MR) is 138 cm³/mol. The molecule has 228 valence electrons. The predicted octanol–water partition coefficient (Wildman–Crippen LogP) is 4.85. The molecule has 0 aliphatic carbocycles. The van der Waals surface area contributed by atoms with Crippen molar-refractivity contribution < 1.29 is 56.0 Å². The van der Waals surface area contributed by atoms with E-state index in [1.54, 1.807) is 13.8 Å². The van der Waals surface area contributed by atoms with Gasteiger partial charge >= 0.3 is 23.7 Å². The highest BCUT2D eigenvalue weighted by Gasteiger charge is 2.64. The van der Waals surface area contributed by atoms with Crippen molar-refractivity contribution in [2.24, 2.45) is 11.0 Å². The Morgan fingerprint density at radius 3 is 2.43 bits per heavy atom. The molecule has 0 spiro atoms. The third kappa shape index (κ3) is 6.02. The number of halogens is 3. The second kappa shape index (κ2) is 12.7. The third-order valence-electron chi connectivity index (χ3n) is 6.82. The maximum atomic E-state index is 16.3. The van der Waals surface area contributed by atoms with Gasteiger partial charge in [-0.05, 0) is 42.5 Å². The smallest absolute Gasteiger partial charge is 0.382 e.